The lowest BCUT2D eigenvalue weighted by Crippen LogP contribution is -2.36. The Morgan fingerprint density at radius 1 is 1.58 bits per heavy atom. The van der Waals surface area contributed by atoms with E-state index in [9.17, 15) is 9.59 Å². The molecule has 0 aromatic carbocycles. The van der Waals surface area contributed by atoms with Gasteiger partial charge in [0.2, 0.25) is 0 Å². The fourth-order valence-electron chi connectivity index (χ4n) is 1.68. The van der Waals surface area contributed by atoms with Crippen molar-refractivity contribution in [3.05, 3.63) is 36.4 Å². The predicted octanol–water partition coefficient (Wildman–Crippen LogP) is 0.123. The summed E-state index contributed by atoms with van der Waals surface area (Å²) in [4.78, 5) is 32.8. The maximum absolute atomic E-state index is 11.9. The zero-order chi connectivity index (χ0) is 13.8. The van der Waals surface area contributed by atoms with Crippen molar-refractivity contribution in [3.63, 3.8) is 0 Å². The summed E-state index contributed by atoms with van der Waals surface area (Å²) >= 11 is 0. The minimum absolute atomic E-state index is 0.120. The van der Waals surface area contributed by atoms with E-state index in [1.807, 2.05) is 11.5 Å². The Bertz CT molecular complexity index is 575. The minimum atomic E-state index is -1.22. The molecule has 0 radical (unpaired) electrons. The first kappa shape index (κ1) is 12.8. The lowest BCUT2D eigenvalue weighted by molar-refractivity contribution is 0.0684. The number of hydrogen-bond acceptors (Lipinski definition) is 4. The fourth-order valence-corrected chi connectivity index (χ4v) is 1.68. The number of aromatic nitrogens is 4. The van der Waals surface area contributed by atoms with Gasteiger partial charge in [-0.05, 0) is 6.92 Å². The van der Waals surface area contributed by atoms with Gasteiger partial charge in [0, 0.05) is 25.0 Å². The quantitative estimate of drug-likeness (QED) is 0.709. The average molecular weight is 263 g/mol. The van der Waals surface area contributed by atoms with Crippen LogP contribution in [0.2, 0.25) is 0 Å². The van der Waals surface area contributed by atoms with Crippen molar-refractivity contribution in [1.82, 2.24) is 24.8 Å². The first-order chi connectivity index (χ1) is 9.08. The smallest absolute Gasteiger partial charge is 0.354 e. The summed E-state index contributed by atoms with van der Waals surface area (Å²) in [6.07, 6.45) is 6.24. The number of carboxylic acid groups (broad SMARTS) is 1. The molecule has 8 nitrogen and oxygen atoms in total. The maximum atomic E-state index is 11.9. The van der Waals surface area contributed by atoms with E-state index < -0.39 is 11.9 Å². The van der Waals surface area contributed by atoms with Gasteiger partial charge in [-0.15, -0.1) is 0 Å². The van der Waals surface area contributed by atoms with Crippen LogP contribution in [0.5, 0.6) is 0 Å². The molecule has 1 amide bonds. The molecular weight excluding hydrogens is 250 g/mol. The summed E-state index contributed by atoms with van der Waals surface area (Å²) in [5, 5.41) is 11.6. The van der Waals surface area contributed by atoms with Gasteiger partial charge in [-0.2, -0.15) is 0 Å². The van der Waals surface area contributed by atoms with Gasteiger partial charge >= 0.3 is 5.97 Å². The van der Waals surface area contributed by atoms with Gasteiger partial charge in [0.05, 0.1) is 12.7 Å². The SMILES string of the molecule is CC(Cn1ccnc1)NC(=O)c1nc[nH]c1C(=O)O. The highest BCUT2D eigenvalue weighted by molar-refractivity contribution is 6.02. The maximum Gasteiger partial charge on any atom is 0.354 e. The Morgan fingerprint density at radius 3 is 3.00 bits per heavy atom. The number of nitrogens with zero attached hydrogens (tertiary/aromatic N) is 3. The van der Waals surface area contributed by atoms with E-state index in [1.54, 1.807) is 18.7 Å². The van der Waals surface area contributed by atoms with Gasteiger partial charge in [0.1, 0.15) is 0 Å². The molecule has 0 aliphatic rings. The molecule has 2 heterocycles. The Kier molecular flexibility index (Phi) is 3.60. The highest BCUT2D eigenvalue weighted by atomic mass is 16.4. The second-order valence-corrected chi connectivity index (χ2v) is 4.07. The lowest BCUT2D eigenvalue weighted by atomic mass is 10.2. The van der Waals surface area contributed by atoms with Crippen LogP contribution in [0.3, 0.4) is 0 Å². The molecule has 0 spiro atoms. The molecule has 2 rings (SSSR count). The number of amides is 1. The van der Waals surface area contributed by atoms with Crippen LogP contribution in [0.4, 0.5) is 0 Å². The number of carbonyl (C=O) groups is 2. The van der Waals surface area contributed by atoms with Crippen molar-refractivity contribution >= 4 is 11.9 Å². The molecule has 0 saturated heterocycles. The van der Waals surface area contributed by atoms with Gasteiger partial charge in [-0.3, -0.25) is 4.79 Å². The number of aromatic carboxylic acids is 1. The van der Waals surface area contributed by atoms with Crippen LogP contribution >= 0.6 is 0 Å². The molecular formula is C11H13N5O3. The monoisotopic (exact) mass is 263 g/mol. The van der Waals surface area contributed by atoms with Gasteiger partial charge in [0.25, 0.3) is 5.91 Å². The zero-order valence-electron chi connectivity index (χ0n) is 10.2. The third-order valence-electron chi connectivity index (χ3n) is 2.49. The molecule has 0 bridgehead atoms. The largest absolute Gasteiger partial charge is 0.477 e. The molecule has 19 heavy (non-hydrogen) atoms. The van der Waals surface area contributed by atoms with Crippen LogP contribution in [0.1, 0.15) is 27.9 Å². The van der Waals surface area contributed by atoms with Crippen molar-refractivity contribution < 1.29 is 14.7 Å². The number of nitrogens with one attached hydrogen (secondary N) is 2. The highest BCUT2D eigenvalue weighted by Crippen LogP contribution is 2.03. The summed E-state index contributed by atoms with van der Waals surface area (Å²) in [5.74, 6) is -1.74. The number of H-pyrrole nitrogens is 1. The zero-order valence-corrected chi connectivity index (χ0v) is 10.2. The molecule has 1 unspecified atom stereocenters. The van der Waals surface area contributed by atoms with Crippen LogP contribution in [0.15, 0.2) is 25.0 Å². The second kappa shape index (κ2) is 5.34. The van der Waals surface area contributed by atoms with Crippen LogP contribution in [-0.2, 0) is 6.54 Å². The molecule has 0 aliphatic heterocycles. The minimum Gasteiger partial charge on any atom is -0.477 e. The van der Waals surface area contributed by atoms with Crippen molar-refractivity contribution in [1.29, 1.82) is 0 Å². The van der Waals surface area contributed by atoms with Crippen molar-refractivity contribution in [2.24, 2.45) is 0 Å². The van der Waals surface area contributed by atoms with Crippen LogP contribution in [0.25, 0.3) is 0 Å². The predicted molar refractivity (Wildman–Crippen MR) is 64.7 cm³/mol. The first-order valence-electron chi connectivity index (χ1n) is 5.61. The third kappa shape index (κ3) is 2.97. The number of hydrogen-bond donors (Lipinski definition) is 3. The Balaban J connectivity index is 2.00. The van der Waals surface area contributed by atoms with Crippen LogP contribution < -0.4 is 5.32 Å². The molecule has 3 N–H and O–H groups in total. The number of imidazole rings is 2. The first-order valence-corrected chi connectivity index (χ1v) is 5.61. The number of carboxylic acids is 1. The van der Waals surface area contributed by atoms with E-state index in [4.69, 9.17) is 5.11 Å². The molecule has 2 aromatic rings. The van der Waals surface area contributed by atoms with E-state index >= 15 is 0 Å². The van der Waals surface area contributed by atoms with Gasteiger partial charge in [-0.25, -0.2) is 14.8 Å². The molecule has 1 atom stereocenters. The summed E-state index contributed by atoms with van der Waals surface area (Å²) < 4.78 is 1.81. The Hall–Kier alpha value is -2.64. The third-order valence-corrected chi connectivity index (χ3v) is 2.49. The van der Waals surface area contributed by atoms with Gasteiger partial charge < -0.3 is 20.0 Å². The fraction of sp³-hybridized carbons (Fsp3) is 0.273. The Labute approximate surface area is 108 Å². The topological polar surface area (TPSA) is 113 Å². The van der Waals surface area contributed by atoms with Crippen LogP contribution in [0, 0.1) is 0 Å². The van der Waals surface area contributed by atoms with Crippen molar-refractivity contribution in [3.8, 4) is 0 Å². The molecule has 2 aromatic heterocycles. The van der Waals surface area contributed by atoms with E-state index in [2.05, 4.69) is 20.3 Å². The standard InChI is InChI=1S/C11H13N5O3/c1-7(4-16-3-2-12-6-16)15-10(17)8-9(11(18)19)14-5-13-8/h2-3,5-7H,4H2,1H3,(H,13,14)(H,15,17)(H,18,19). The number of rotatable bonds is 5. The van der Waals surface area contributed by atoms with E-state index in [1.165, 1.54) is 6.33 Å². The van der Waals surface area contributed by atoms with Gasteiger partial charge in [0.15, 0.2) is 11.4 Å². The van der Waals surface area contributed by atoms with E-state index in [0.717, 1.165) is 0 Å². The average Bonchev–Trinajstić information content (AvgIpc) is 2.97. The number of carbonyl (C=O) groups excluding carboxylic acids is 1. The molecule has 0 aliphatic carbocycles. The van der Waals surface area contributed by atoms with Crippen molar-refractivity contribution in [2.75, 3.05) is 0 Å². The van der Waals surface area contributed by atoms with Crippen molar-refractivity contribution in [2.45, 2.75) is 19.5 Å². The lowest BCUT2D eigenvalue weighted by Gasteiger charge is -2.13. The summed E-state index contributed by atoms with van der Waals surface area (Å²) in [7, 11) is 0. The highest BCUT2D eigenvalue weighted by Gasteiger charge is 2.20. The summed E-state index contributed by atoms with van der Waals surface area (Å²) in [6.45, 7) is 2.35. The summed E-state index contributed by atoms with van der Waals surface area (Å²) in [6, 6.07) is -0.181. The molecule has 100 valence electrons. The molecule has 0 saturated carbocycles. The second-order valence-electron chi connectivity index (χ2n) is 4.07. The summed E-state index contributed by atoms with van der Waals surface area (Å²) in [5.41, 5.74) is -0.336. The molecule has 8 heteroatoms. The van der Waals surface area contributed by atoms with E-state index in [-0.39, 0.29) is 17.4 Å². The Morgan fingerprint density at radius 2 is 2.37 bits per heavy atom. The number of aromatic amines is 1. The van der Waals surface area contributed by atoms with Crippen LogP contribution in [-0.4, -0.2) is 42.5 Å². The normalized spacial score (nSPS) is 12.1. The van der Waals surface area contributed by atoms with E-state index in [0.29, 0.717) is 6.54 Å². The van der Waals surface area contributed by atoms with Gasteiger partial charge in [-0.1, -0.05) is 0 Å². The molecule has 0 fully saturated rings.